The minimum atomic E-state index is -0.00158. The van der Waals surface area contributed by atoms with Crippen LogP contribution < -0.4 is 4.74 Å². The highest BCUT2D eigenvalue weighted by atomic mass is 16.5. The Balaban J connectivity index is 1.10. The Labute approximate surface area is 329 Å². The molecule has 3 aromatic heterocycles. The number of fused-ring (bicyclic) bond motifs is 9. The summed E-state index contributed by atoms with van der Waals surface area (Å²) in [6.07, 6.45) is 17.2. The molecular formula is C51H35N5O. The van der Waals surface area contributed by atoms with Crippen LogP contribution in [0.3, 0.4) is 0 Å². The molecule has 1 aliphatic heterocycles. The molecule has 3 aliphatic rings. The Bertz CT molecular complexity index is 3220. The predicted octanol–water partition coefficient (Wildman–Crippen LogP) is 12.2. The summed E-state index contributed by atoms with van der Waals surface area (Å²) < 4.78 is 11.1. The maximum atomic E-state index is 6.46. The molecule has 2 aliphatic carbocycles. The van der Waals surface area contributed by atoms with E-state index in [1.807, 2.05) is 6.07 Å². The number of ether oxygens (including phenoxy) is 1. The van der Waals surface area contributed by atoms with Crippen LogP contribution >= 0.6 is 0 Å². The van der Waals surface area contributed by atoms with E-state index in [0.717, 1.165) is 57.1 Å². The van der Waals surface area contributed by atoms with Crippen LogP contribution in [0.25, 0.3) is 89.2 Å². The maximum Gasteiger partial charge on any atom is 0.238 e. The lowest BCUT2D eigenvalue weighted by Crippen LogP contribution is -2.15. The van der Waals surface area contributed by atoms with Crippen LogP contribution in [-0.4, -0.2) is 30.2 Å². The first-order valence-corrected chi connectivity index (χ1v) is 19.7. The quantitative estimate of drug-likeness (QED) is 0.177. The van der Waals surface area contributed by atoms with Crippen molar-refractivity contribution < 1.29 is 4.74 Å². The molecule has 6 aromatic carbocycles. The molecule has 270 valence electrons. The van der Waals surface area contributed by atoms with Gasteiger partial charge in [0.15, 0.2) is 11.6 Å². The molecule has 0 fully saturated rings. The number of hydrogen-bond donors (Lipinski definition) is 0. The van der Waals surface area contributed by atoms with Crippen LogP contribution in [0, 0.1) is 0 Å². The van der Waals surface area contributed by atoms with Gasteiger partial charge in [-0.3, -0.25) is 4.57 Å². The topological polar surface area (TPSA) is 57.8 Å². The van der Waals surface area contributed by atoms with Crippen molar-refractivity contribution in [2.75, 3.05) is 0 Å². The molecule has 9 aromatic rings. The van der Waals surface area contributed by atoms with Gasteiger partial charge in [0.1, 0.15) is 11.9 Å². The zero-order valence-corrected chi connectivity index (χ0v) is 31.0. The molecular weight excluding hydrogens is 699 g/mol. The van der Waals surface area contributed by atoms with Crippen molar-refractivity contribution in [3.8, 4) is 45.6 Å². The molecule has 12 rings (SSSR count). The molecule has 0 N–H and O–H groups in total. The summed E-state index contributed by atoms with van der Waals surface area (Å²) in [6, 6.07) is 47.4. The highest BCUT2D eigenvalue weighted by Gasteiger charge is 2.32. The van der Waals surface area contributed by atoms with Crippen LogP contribution in [0.1, 0.15) is 24.3 Å². The summed E-state index contributed by atoms with van der Waals surface area (Å²) >= 11 is 0. The van der Waals surface area contributed by atoms with Crippen LogP contribution in [-0.2, 0) is 0 Å². The van der Waals surface area contributed by atoms with Gasteiger partial charge < -0.3 is 9.30 Å². The number of benzene rings is 6. The van der Waals surface area contributed by atoms with Crippen LogP contribution in [0.15, 0.2) is 176 Å². The van der Waals surface area contributed by atoms with E-state index in [0.29, 0.717) is 17.6 Å². The van der Waals surface area contributed by atoms with Gasteiger partial charge in [-0.05, 0) is 66.5 Å². The standard InChI is InChI=1S/C51H35N5O/c1-3-13-32(14-4-1)33-23-25-34(26-24-33)49-52-50(35-27-28-40-39-19-9-12-22-47(39)57-48(40)29-35)54-51(53-49)56-44-21-11-8-18-38(44)42-30-41-37-17-7-10-20-43(37)55(45(41)31-46(42)56)36-15-5-2-6-16-36/h1-5,7-15,17-31,39,47H,6,16H2. The van der Waals surface area contributed by atoms with Crippen LogP contribution in [0.4, 0.5) is 0 Å². The van der Waals surface area contributed by atoms with E-state index in [-0.39, 0.29) is 12.0 Å². The summed E-state index contributed by atoms with van der Waals surface area (Å²) in [7, 11) is 0. The summed E-state index contributed by atoms with van der Waals surface area (Å²) in [5, 5.41) is 4.78. The minimum absolute atomic E-state index is 0.00158. The summed E-state index contributed by atoms with van der Waals surface area (Å²) in [5.74, 6) is 2.84. The van der Waals surface area contributed by atoms with Crippen molar-refractivity contribution in [3.05, 3.63) is 182 Å². The van der Waals surface area contributed by atoms with E-state index in [1.54, 1.807) is 0 Å². The van der Waals surface area contributed by atoms with E-state index in [4.69, 9.17) is 19.7 Å². The second kappa shape index (κ2) is 12.6. The van der Waals surface area contributed by atoms with Gasteiger partial charge >= 0.3 is 0 Å². The molecule has 2 atom stereocenters. The van der Waals surface area contributed by atoms with E-state index < -0.39 is 0 Å². The Morgan fingerprint density at radius 3 is 1.93 bits per heavy atom. The van der Waals surface area contributed by atoms with Crippen molar-refractivity contribution >= 4 is 49.3 Å². The molecule has 57 heavy (non-hydrogen) atoms. The third kappa shape index (κ3) is 5.07. The Morgan fingerprint density at radius 1 is 0.509 bits per heavy atom. The number of hydrogen-bond acceptors (Lipinski definition) is 4. The summed E-state index contributed by atoms with van der Waals surface area (Å²) in [5.41, 5.74) is 11.0. The molecule has 2 unspecified atom stereocenters. The minimum Gasteiger partial charge on any atom is -0.485 e. The fraction of sp³-hybridized carbons (Fsp3) is 0.0784. The highest BCUT2D eigenvalue weighted by molar-refractivity contribution is 6.19. The largest absolute Gasteiger partial charge is 0.485 e. The number of aromatic nitrogens is 5. The second-order valence-corrected chi connectivity index (χ2v) is 15.1. The lowest BCUT2D eigenvalue weighted by Gasteiger charge is -2.14. The average molecular weight is 734 g/mol. The van der Waals surface area contributed by atoms with Crippen LogP contribution in [0.2, 0.25) is 0 Å². The monoisotopic (exact) mass is 733 g/mol. The molecule has 0 spiro atoms. The number of rotatable bonds is 5. The lowest BCUT2D eigenvalue weighted by atomic mass is 9.91. The number of allylic oxidation sites excluding steroid dienone is 6. The average Bonchev–Trinajstić information content (AvgIpc) is 3.93. The predicted molar refractivity (Wildman–Crippen MR) is 232 cm³/mol. The third-order valence-electron chi connectivity index (χ3n) is 11.8. The highest BCUT2D eigenvalue weighted by Crippen LogP contribution is 2.44. The molecule has 0 saturated heterocycles. The Kier molecular flexibility index (Phi) is 7.08. The van der Waals surface area contributed by atoms with E-state index in [9.17, 15) is 0 Å². The van der Waals surface area contributed by atoms with Gasteiger partial charge in [-0.2, -0.15) is 9.97 Å². The van der Waals surface area contributed by atoms with Crippen molar-refractivity contribution in [2.24, 2.45) is 0 Å². The first kappa shape index (κ1) is 32.0. The smallest absolute Gasteiger partial charge is 0.238 e. The third-order valence-corrected chi connectivity index (χ3v) is 11.8. The summed E-state index contributed by atoms with van der Waals surface area (Å²) in [4.78, 5) is 15.8. The van der Waals surface area contributed by atoms with E-state index in [1.165, 1.54) is 38.6 Å². The van der Waals surface area contributed by atoms with Gasteiger partial charge in [-0.1, -0.05) is 134 Å². The normalized spacial score (nSPS) is 17.0. The van der Waals surface area contributed by atoms with Gasteiger partial charge in [0.25, 0.3) is 0 Å². The zero-order valence-electron chi connectivity index (χ0n) is 31.0. The Morgan fingerprint density at radius 2 is 1.16 bits per heavy atom. The van der Waals surface area contributed by atoms with Crippen molar-refractivity contribution in [1.82, 2.24) is 24.1 Å². The first-order chi connectivity index (χ1) is 28.2. The molecule has 0 amide bonds. The van der Waals surface area contributed by atoms with E-state index >= 15 is 0 Å². The SMILES string of the molecule is C1=CCCC(n2c3ccccc3c3cc4c5ccccc5n(-c5nc(-c6ccc(-c7ccccc7)cc6)nc(-c6ccc7c(c6)OC6C=CC=CC76)n5)c4cc32)=C1. The van der Waals surface area contributed by atoms with E-state index in [2.05, 4.69) is 179 Å². The maximum absolute atomic E-state index is 6.46. The molecule has 0 radical (unpaired) electrons. The molecule has 0 bridgehead atoms. The van der Waals surface area contributed by atoms with Gasteiger partial charge in [0.2, 0.25) is 5.95 Å². The van der Waals surface area contributed by atoms with Gasteiger partial charge in [-0.25, -0.2) is 4.98 Å². The Hall–Kier alpha value is -7.31. The zero-order chi connectivity index (χ0) is 37.5. The summed E-state index contributed by atoms with van der Waals surface area (Å²) in [6.45, 7) is 0. The fourth-order valence-corrected chi connectivity index (χ4v) is 9.07. The van der Waals surface area contributed by atoms with Crippen molar-refractivity contribution in [2.45, 2.75) is 24.9 Å². The van der Waals surface area contributed by atoms with Gasteiger partial charge in [0.05, 0.1) is 22.1 Å². The van der Waals surface area contributed by atoms with Crippen molar-refractivity contribution in [3.63, 3.8) is 0 Å². The van der Waals surface area contributed by atoms with Gasteiger partial charge in [0, 0.05) is 49.9 Å². The van der Waals surface area contributed by atoms with Crippen LogP contribution in [0.5, 0.6) is 5.75 Å². The molecule has 6 nitrogen and oxygen atoms in total. The second-order valence-electron chi connectivity index (χ2n) is 15.1. The number of nitrogens with zero attached hydrogens (tertiary/aromatic N) is 5. The first-order valence-electron chi connectivity index (χ1n) is 19.7. The van der Waals surface area contributed by atoms with Crippen molar-refractivity contribution in [1.29, 1.82) is 0 Å². The molecule has 0 saturated carbocycles. The molecule has 4 heterocycles. The lowest BCUT2D eigenvalue weighted by molar-refractivity contribution is 0.269. The molecule has 6 heteroatoms. The van der Waals surface area contributed by atoms with Gasteiger partial charge in [-0.15, -0.1) is 0 Å². The fourth-order valence-electron chi connectivity index (χ4n) is 9.07. The number of para-hydroxylation sites is 2.